The number of rotatable bonds is 6. The molecule has 2 aromatic rings. The fourth-order valence-electron chi connectivity index (χ4n) is 2.18. The molecular formula is C16H18N2O2. The quantitative estimate of drug-likeness (QED) is 0.819. The summed E-state index contributed by atoms with van der Waals surface area (Å²) in [5, 5.41) is 9.94. The number of carboxylic acid groups (broad SMARTS) is 1. The van der Waals surface area contributed by atoms with Gasteiger partial charge in [0, 0.05) is 24.7 Å². The van der Waals surface area contributed by atoms with Gasteiger partial charge in [-0.15, -0.1) is 0 Å². The molecule has 2 rings (SSSR count). The molecule has 1 aromatic carbocycles. The SMILES string of the molecule is C=C(C)CN(CCC(=O)O)c1cccc2cccnc12. The summed E-state index contributed by atoms with van der Waals surface area (Å²) in [6.45, 7) is 6.93. The number of nitrogens with zero attached hydrogens (tertiary/aromatic N) is 2. The molecule has 0 amide bonds. The fourth-order valence-corrected chi connectivity index (χ4v) is 2.18. The Bertz CT molecular complexity index is 632. The van der Waals surface area contributed by atoms with E-state index < -0.39 is 5.97 Å². The Morgan fingerprint density at radius 1 is 1.35 bits per heavy atom. The van der Waals surface area contributed by atoms with Crippen molar-refractivity contribution < 1.29 is 9.90 Å². The maximum atomic E-state index is 10.8. The third kappa shape index (κ3) is 3.35. The van der Waals surface area contributed by atoms with Crippen LogP contribution in [-0.2, 0) is 4.79 Å². The van der Waals surface area contributed by atoms with E-state index in [0.29, 0.717) is 13.1 Å². The summed E-state index contributed by atoms with van der Waals surface area (Å²) in [4.78, 5) is 17.3. The van der Waals surface area contributed by atoms with Crippen LogP contribution in [0.25, 0.3) is 10.9 Å². The van der Waals surface area contributed by atoms with Gasteiger partial charge in [0.2, 0.25) is 0 Å². The van der Waals surface area contributed by atoms with E-state index in [1.165, 1.54) is 0 Å². The van der Waals surface area contributed by atoms with Crippen LogP contribution in [0.1, 0.15) is 13.3 Å². The lowest BCUT2D eigenvalue weighted by molar-refractivity contribution is -0.136. The number of hydrogen-bond donors (Lipinski definition) is 1. The van der Waals surface area contributed by atoms with E-state index in [2.05, 4.69) is 11.6 Å². The number of fused-ring (bicyclic) bond motifs is 1. The molecule has 1 N–H and O–H groups in total. The Balaban J connectivity index is 2.39. The first-order valence-electron chi connectivity index (χ1n) is 6.53. The third-order valence-electron chi connectivity index (χ3n) is 3.01. The molecule has 0 atom stereocenters. The first-order valence-corrected chi connectivity index (χ1v) is 6.53. The van der Waals surface area contributed by atoms with Gasteiger partial charge in [0.15, 0.2) is 0 Å². The third-order valence-corrected chi connectivity index (χ3v) is 3.01. The molecule has 0 spiro atoms. The number of para-hydroxylation sites is 1. The second kappa shape index (κ2) is 6.19. The summed E-state index contributed by atoms with van der Waals surface area (Å²) in [7, 11) is 0. The number of anilines is 1. The van der Waals surface area contributed by atoms with E-state index in [1.807, 2.05) is 42.2 Å². The van der Waals surface area contributed by atoms with Crippen LogP contribution in [0.15, 0.2) is 48.7 Å². The molecule has 4 nitrogen and oxygen atoms in total. The van der Waals surface area contributed by atoms with E-state index in [-0.39, 0.29) is 6.42 Å². The summed E-state index contributed by atoms with van der Waals surface area (Å²) in [5.41, 5.74) is 2.83. The maximum Gasteiger partial charge on any atom is 0.305 e. The Hall–Kier alpha value is -2.36. The van der Waals surface area contributed by atoms with E-state index in [9.17, 15) is 4.79 Å². The minimum absolute atomic E-state index is 0.0938. The number of carbonyl (C=O) groups is 1. The number of aliphatic carboxylic acids is 1. The van der Waals surface area contributed by atoms with Gasteiger partial charge in [-0.2, -0.15) is 0 Å². The van der Waals surface area contributed by atoms with Crippen LogP contribution in [-0.4, -0.2) is 29.1 Å². The van der Waals surface area contributed by atoms with Crippen LogP contribution in [0.3, 0.4) is 0 Å². The summed E-state index contributed by atoms with van der Waals surface area (Å²) < 4.78 is 0. The molecular weight excluding hydrogens is 252 g/mol. The zero-order valence-corrected chi connectivity index (χ0v) is 11.5. The molecule has 1 heterocycles. The molecule has 0 unspecified atom stereocenters. The number of benzene rings is 1. The van der Waals surface area contributed by atoms with Crippen molar-refractivity contribution in [2.45, 2.75) is 13.3 Å². The van der Waals surface area contributed by atoms with Crippen LogP contribution < -0.4 is 4.90 Å². The molecule has 0 bridgehead atoms. The predicted molar refractivity (Wildman–Crippen MR) is 81.0 cm³/mol. The molecule has 0 saturated heterocycles. The van der Waals surface area contributed by atoms with Gasteiger partial charge in [0.05, 0.1) is 17.6 Å². The van der Waals surface area contributed by atoms with Gasteiger partial charge < -0.3 is 10.0 Å². The second-order valence-electron chi connectivity index (χ2n) is 4.87. The summed E-state index contributed by atoms with van der Waals surface area (Å²) in [5.74, 6) is -0.801. The van der Waals surface area contributed by atoms with Gasteiger partial charge >= 0.3 is 5.97 Å². The lowest BCUT2D eigenvalue weighted by Crippen LogP contribution is -2.28. The first kappa shape index (κ1) is 14.1. The van der Waals surface area contributed by atoms with E-state index in [0.717, 1.165) is 22.2 Å². The van der Waals surface area contributed by atoms with Gasteiger partial charge in [-0.25, -0.2) is 0 Å². The number of hydrogen-bond acceptors (Lipinski definition) is 3. The molecule has 104 valence electrons. The van der Waals surface area contributed by atoms with Crippen LogP contribution >= 0.6 is 0 Å². The molecule has 0 fully saturated rings. The molecule has 0 radical (unpaired) electrons. The number of carboxylic acids is 1. The molecule has 0 aliphatic rings. The highest BCUT2D eigenvalue weighted by molar-refractivity contribution is 5.90. The smallest absolute Gasteiger partial charge is 0.305 e. The second-order valence-corrected chi connectivity index (χ2v) is 4.87. The summed E-state index contributed by atoms with van der Waals surface area (Å²) in [6.07, 6.45) is 1.85. The largest absolute Gasteiger partial charge is 0.481 e. The average Bonchev–Trinajstić information content (AvgIpc) is 2.42. The Kier molecular flexibility index (Phi) is 4.35. The van der Waals surface area contributed by atoms with Crippen molar-refractivity contribution in [2.24, 2.45) is 0 Å². The van der Waals surface area contributed by atoms with Crippen molar-refractivity contribution >= 4 is 22.6 Å². The normalized spacial score (nSPS) is 10.4. The van der Waals surface area contributed by atoms with E-state index >= 15 is 0 Å². The highest BCUT2D eigenvalue weighted by Gasteiger charge is 2.12. The van der Waals surface area contributed by atoms with Crippen LogP contribution in [0.2, 0.25) is 0 Å². The molecule has 0 aliphatic carbocycles. The van der Waals surface area contributed by atoms with Crippen molar-refractivity contribution in [2.75, 3.05) is 18.0 Å². The summed E-state index contributed by atoms with van der Waals surface area (Å²) >= 11 is 0. The topological polar surface area (TPSA) is 53.4 Å². The number of aromatic nitrogens is 1. The zero-order chi connectivity index (χ0) is 14.5. The molecule has 20 heavy (non-hydrogen) atoms. The Morgan fingerprint density at radius 2 is 2.10 bits per heavy atom. The fraction of sp³-hybridized carbons (Fsp3) is 0.250. The van der Waals surface area contributed by atoms with Crippen molar-refractivity contribution in [3.63, 3.8) is 0 Å². The van der Waals surface area contributed by atoms with Gasteiger partial charge in [-0.05, 0) is 19.1 Å². The zero-order valence-electron chi connectivity index (χ0n) is 11.5. The van der Waals surface area contributed by atoms with Crippen molar-refractivity contribution in [1.29, 1.82) is 0 Å². The predicted octanol–water partition coefficient (Wildman–Crippen LogP) is 3.09. The minimum Gasteiger partial charge on any atom is -0.481 e. The van der Waals surface area contributed by atoms with E-state index in [1.54, 1.807) is 6.20 Å². The number of pyridine rings is 1. The minimum atomic E-state index is -0.801. The van der Waals surface area contributed by atoms with Crippen molar-refractivity contribution in [3.8, 4) is 0 Å². The molecule has 1 aromatic heterocycles. The van der Waals surface area contributed by atoms with Crippen LogP contribution in [0.4, 0.5) is 5.69 Å². The van der Waals surface area contributed by atoms with Crippen molar-refractivity contribution in [1.82, 2.24) is 4.98 Å². The van der Waals surface area contributed by atoms with Crippen molar-refractivity contribution in [3.05, 3.63) is 48.7 Å². The van der Waals surface area contributed by atoms with Gasteiger partial charge in [0.25, 0.3) is 0 Å². The van der Waals surface area contributed by atoms with Gasteiger partial charge in [-0.3, -0.25) is 9.78 Å². The maximum absolute atomic E-state index is 10.8. The average molecular weight is 270 g/mol. The van der Waals surface area contributed by atoms with Gasteiger partial charge in [0.1, 0.15) is 0 Å². The molecule has 0 saturated carbocycles. The first-order chi connectivity index (χ1) is 9.58. The standard InChI is InChI=1S/C16H18N2O2/c1-12(2)11-18(10-8-15(19)20)14-7-3-5-13-6-4-9-17-16(13)14/h3-7,9H,1,8,10-11H2,2H3,(H,19,20). The lowest BCUT2D eigenvalue weighted by atomic mass is 10.1. The van der Waals surface area contributed by atoms with E-state index in [4.69, 9.17) is 5.11 Å². The Labute approximate surface area is 118 Å². The molecule has 0 aliphatic heterocycles. The van der Waals surface area contributed by atoms with Crippen LogP contribution in [0.5, 0.6) is 0 Å². The highest BCUT2D eigenvalue weighted by atomic mass is 16.4. The Morgan fingerprint density at radius 3 is 2.80 bits per heavy atom. The summed E-state index contributed by atoms with van der Waals surface area (Å²) in [6, 6.07) is 9.84. The van der Waals surface area contributed by atoms with Crippen LogP contribution in [0, 0.1) is 0 Å². The monoisotopic (exact) mass is 270 g/mol. The molecule has 4 heteroatoms. The lowest BCUT2D eigenvalue weighted by Gasteiger charge is -2.25. The highest BCUT2D eigenvalue weighted by Crippen LogP contribution is 2.25. The van der Waals surface area contributed by atoms with Gasteiger partial charge in [-0.1, -0.05) is 30.4 Å².